The Morgan fingerprint density at radius 2 is 2.06 bits per heavy atom. The van der Waals surface area contributed by atoms with Crippen LogP contribution in [0.4, 0.5) is 0 Å². The highest BCUT2D eigenvalue weighted by atomic mass is 16.5. The third-order valence-electron chi connectivity index (χ3n) is 2.10. The summed E-state index contributed by atoms with van der Waals surface area (Å²) in [5.41, 5.74) is 0.361. The van der Waals surface area contributed by atoms with Crippen molar-refractivity contribution in [3.8, 4) is 0 Å². The Labute approximate surface area is 101 Å². The van der Waals surface area contributed by atoms with Crippen molar-refractivity contribution >= 4 is 11.8 Å². The zero-order valence-electron chi connectivity index (χ0n) is 10.4. The highest BCUT2D eigenvalue weighted by Gasteiger charge is 2.13. The lowest BCUT2D eigenvalue weighted by Crippen LogP contribution is -2.21. The van der Waals surface area contributed by atoms with Crippen molar-refractivity contribution in [1.29, 1.82) is 0 Å². The van der Waals surface area contributed by atoms with Gasteiger partial charge in [-0.1, -0.05) is 13.5 Å². The first-order valence-electron chi connectivity index (χ1n) is 5.58. The Balaban J connectivity index is 3.79. The average Bonchev–Trinajstić information content (AvgIpc) is 2.31. The smallest absolute Gasteiger partial charge is 0.333 e. The first-order valence-corrected chi connectivity index (χ1v) is 5.58. The number of ketones is 1. The number of rotatable bonds is 9. The molecule has 0 spiro atoms. The fourth-order valence-electron chi connectivity index (χ4n) is 1.04. The third kappa shape index (κ3) is 7.65. The van der Waals surface area contributed by atoms with E-state index in [-0.39, 0.29) is 18.5 Å². The van der Waals surface area contributed by atoms with E-state index in [1.807, 2.05) is 6.92 Å². The van der Waals surface area contributed by atoms with E-state index in [1.165, 1.54) is 0 Å². The van der Waals surface area contributed by atoms with Gasteiger partial charge in [0.15, 0.2) is 5.78 Å². The van der Waals surface area contributed by atoms with Crippen LogP contribution in [0, 0.1) is 0 Å². The summed E-state index contributed by atoms with van der Waals surface area (Å²) in [4.78, 5) is 22.0. The van der Waals surface area contributed by atoms with E-state index in [0.717, 1.165) is 0 Å². The fraction of sp³-hybridized carbons (Fsp3) is 0.667. The number of ether oxygens (including phenoxy) is 2. The number of hydrogen-bond acceptors (Lipinski definition) is 5. The molecule has 0 aliphatic carbocycles. The average molecular weight is 244 g/mol. The lowest BCUT2D eigenvalue weighted by Gasteiger charge is -2.15. The molecule has 0 aliphatic heterocycles. The van der Waals surface area contributed by atoms with Gasteiger partial charge in [-0.05, 0) is 13.3 Å². The predicted octanol–water partition coefficient (Wildman–Crippen LogP) is 0.852. The van der Waals surface area contributed by atoms with E-state index in [0.29, 0.717) is 25.0 Å². The van der Waals surface area contributed by atoms with Crippen molar-refractivity contribution < 1.29 is 24.2 Å². The van der Waals surface area contributed by atoms with E-state index in [1.54, 1.807) is 6.92 Å². The zero-order valence-corrected chi connectivity index (χ0v) is 10.4. The molecule has 0 bridgehead atoms. The van der Waals surface area contributed by atoms with Crippen LogP contribution in [0.1, 0.15) is 26.7 Å². The molecule has 0 amide bonds. The van der Waals surface area contributed by atoms with E-state index in [2.05, 4.69) is 6.58 Å². The maximum atomic E-state index is 11.2. The van der Waals surface area contributed by atoms with Crippen LogP contribution in [0.15, 0.2) is 12.2 Å². The van der Waals surface area contributed by atoms with Crippen LogP contribution in [-0.4, -0.2) is 42.8 Å². The molecule has 1 atom stereocenters. The SMILES string of the molecule is C=C(C)C(=O)OC(CC)CCOCC(=O)CO. The van der Waals surface area contributed by atoms with E-state index in [4.69, 9.17) is 14.6 Å². The van der Waals surface area contributed by atoms with Gasteiger partial charge < -0.3 is 14.6 Å². The lowest BCUT2D eigenvalue weighted by molar-refractivity contribution is -0.145. The number of carbonyl (C=O) groups excluding carboxylic acids is 2. The maximum absolute atomic E-state index is 11.2. The topological polar surface area (TPSA) is 72.8 Å². The van der Waals surface area contributed by atoms with Gasteiger partial charge in [0.2, 0.25) is 0 Å². The Kier molecular flexibility index (Phi) is 8.27. The molecule has 0 aromatic heterocycles. The standard InChI is InChI=1S/C12H20O5/c1-4-11(17-12(15)9(2)3)5-6-16-8-10(14)7-13/h11,13H,2,4-8H2,1,3H3. The van der Waals surface area contributed by atoms with Crippen LogP contribution in [0.2, 0.25) is 0 Å². The van der Waals surface area contributed by atoms with Gasteiger partial charge in [-0.3, -0.25) is 4.79 Å². The fourth-order valence-corrected chi connectivity index (χ4v) is 1.04. The zero-order chi connectivity index (χ0) is 13.3. The molecular weight excluding hydrogens is 224 g/mol. The van der Waals surface area contributed by atoms with Crippen molar-refractivity contribution in [3.05, 3.63) is 12.2 Å². The van der Waals surface area contributed by atoms with Gasteiger partial charge in [-0.2, -0.15) is 0 Å². The second-order valence-corrected chi connectivity index (χ2v) is 3.75. The Bertz CT molecular complexity index is 272. The molecule has 0 rings (SSSR count). The van der Waals surface area contributed by atoms with E-state index in [9.17, 15) is 9.59 Å². The number of hydrogen-bond donors (Lipinski definition) is 1. The lowest BCUT2D eigenvalue weighted by atomic mass is 10.2. The molecule has 17 heavy (non-hydrogen) atoms. The molecule has 5 heteroatoms. The van der Waals surface area contributed by atoms with E-state index >= 15 is 0 Å². The Morgan fingerprint density at radius 3 is 2.53 bits per heavy atom. The molecule has 0 radical (unpaired) electrons. The molecule has 5 nitrogen and oxygen atoms in total. The number of esters is 1. The van der Waals surface area contributed by atoms with Crippen LogP contribution < -0.4 is 0 Å². The molecular formula is C12H20O5. The van der Waals surface area contributed by atoms with Gasteiger partial charge >= 0.3 is 5.97 Å². The summed E-state index contributed by atoms with van der Waals surface area (Å²) in [5, 5.41) is 8.46. The molecule has 0 saturated heterocycles. The number of aliphatic hydroxyl groups is 1. The van der Waals surface area contributed by atoms with Crippen LogP contribution in [0.5, 0.6) is 0 Å². The normalized spacial score (nSPS) is 11.9. The summed E-state index contributed by atoms with van der Waals surface area (Å²) < 4.78 is 10.2. The van der Waals surface area contributed by atoms with Crippen molar-refractivity contribution in [3.63, 3.8) is 0 Å². The molecule has 1 N–H and O–H groups in total. The van der Waals surface area contributed by atoms with Crippen molar-refractivity contribution in [2.75, 3.05) is 19.8 Å². The minimum absolute atomic E-state index is 0.110. The molecule has 0 aromatic carbocycles. The molecule has 0 heterocycles. The molecule has 0 aliphatic rings. The summed E-state index contributed by atoms with van der Waals surface area (Å²) in [5.74, 6) is -0.778. The van der Waals surface area contributed by atoms with Gasteiger partial charge in [0.25, 0.3) is 0 Å². The highest BCUT2D eigenvalue weighted by molar-refractivity contribution is 5.87. The predicted molar refractivity (Wildman–Crippen MR) is 62.5 cm³/mol. The van der Waals surface area contributed by atoms with Crippen molar-refractivity contribution in [2.24, 2.45) is 0 Å². The monoisotopic (exact) mass is 244 g/mol. The summed E-state index contributed by atoms with van der Waals surface area (Å²) >= 11 is 0. The van der Waals surface area contributed by atoms with E-state index < -0.39 is 12.6 Å². The van der Waals surface area contributed by atoms with Crippen molar-refractivity contribution in [1.82, 2.24) is 0 Å². The minimum atomic E-state index is -0.512. The second-order valence-electron chi connectivity index (χ2n) is 3.75. The van der Waals surface area contributed by atoms with Crippen molar-refractivity contribution in [2.45, 2.75) is 32.8 Å². The second kappa shape index (κ2) is 8.90. The summed E-state index contributed by atoms with van der Waals surface area (Å²) in [6, 6.07) is 0. The Hall–Kier alpha value is -1.20. The van der Waals surface area contributed by atoms with Gasteiger partial charge in [0.1, 0.15) is 19.3 Å². The summed E-state index contributed by atoms with van der Waals surface area (Å²) in [7, 11) is 0. The van der Waals surface area contributed by atoms with Crippen LogP contribution in [0.25, 0.3) is 0 Å². The maximum Gasteiger partial charge on any atom is 0.333 e. The quantitative estimate of drug-likeness (QED) is 0.370. The summed E-state index contributed by atoms with van der Waals surface area (Å²) in [6.45, 7) is 6.67. The molecule has 0 fully saturated rings. The van der Waals surface area contributed by atoms with Crippen LogP contribution in [-0.2, 0) is 19.1 Å². The Morgan fingerprint density at radius 1 is 1.41 bits per heavy atom. The van der Waals surface area contributed by atoms with Gasteiger partial charge in [-0.15, -0.1) is 0 Å². The minimum Gasteiger partial charge on any atom is -0.459 e. The molecule has 1 unspecified atom stereocenters. The molecule has 98 valence electrons. The van der Waals surface area contributed by atoms with Crippen LogP contribution in [0.3, 0.4) is 0 Å². The first-order chi connectivity index (χ1) is 8.01. The number of aliphatic hydroxyl groups excluding tert-OH is 1. The van der Waals surface area contributed by atoms with Gasteiger partial charge in [0.05, 0.1) is 6.61 Å². The highest BCUT2D eigenvalue weighted by Crippen LogP contribution is 2.07. The van der Waals surface area contributed by atoms with Crippen LogP contribution >= 0.6 is 0 Å². The van der Waals surface area contributed by atoms with Gasteiger partial charge in [-0.25, -0.2) is 4.79 Å². The first kappa shape index (κ1) is 15.8. The molecule has 0 saturated carbocycles. The third-order valence-corrected chi connectivity index (χ3v) is 2.10. The molecule has 0 aromatic rings. The van der Waals surface area contributed by atoms with Gasteiger partial charge in [0, 0.05) is 12.0 Å². The summed E-state index contributed by atoms with van der Waals surface area (Å²) in [6.07, 6.45) is 0.966. The number of carbonyl (C=O) groups is 2. The largest absolute Gasteiger partial charge is 0.459 e. The number of Topliss-reactive ketones (excluding diaryl/α,β-unsaturated/α-hetero) is 1.